The SMILES string of the molecule is COc1ccc(C(C)N2C3CCC2CC(NC(=O)C2=NC(Cl)CC=C2)C3)c(C)c1C. The lowest BCUT2D eigenvalue weighted by atomic mass is 9.91. The maximum absolute atomic E-state index is 12.6. The number of carbonyl (C=O) groups is 1. The Bertz CT molecular complexity index is 867. The number of fused-ring (bicyclic) bond motifs is 2. The molecule has 6 heteroatoms. The molecule has 1 amide bonds. The van der Waals surface area contributed by atoms with Gasteiger partial charge in [0.1, 0.15) is 17.0 Å². The molecule has 0 radical (unpaired) electrons. The Morgan fingerprint density at radius 1 is 1.23 bits per heavy atom. The Morgan fingerprint density at radius 3 is 2.57 bits per heavy atom. The molecule has 0 aromatic heterocycles. The number of nitrogens with zero attached hydrogens (tertiary/aromatic N) is 2. The first-order chi connectivity index (χ1) is 14.4. The first-order valence-corrected chi connectivity index (χ1v) is 11.4. The van der Waals surface area contributed by atoms with E-state index < -0.39 is 0 Å². The highest BCUT2D eigenvalue weighted by atomic mass is 35.5. The number of rotatable bonds is 5. The molecule has 1 aromatic rings. The van der Waals surface area contributed by atoms with Crippen molar-refractivity contribution in [3.63, 3.8) is 0 Å². The van der Waals surface area contributed by atoms with Gasteiger partial charge in [0, 0.05) is 30.6 Å². The minimum atomic E-state index is -0.328. The van der Waals surface area contributed by atoms with Crippen LogP contribution in [0, 0.1) is 13.8 Å². The van der Waals surface area contributed by atoms with Crippen LogP contribution >= 0.6 is 11.6 Å². The molecule has 3 aliphatic rings. The molecule has 2 fully saturated rings. The van der Waals surface area contributed by atoms with E-state index in [1.807, 2.05) is 6.08 Å². The lowest BCUT2D eigenvalue weighted by Crippen LogP contribution is -2.52. The number of amides is 1. The molecular formula is C24H32ClN3O2. The van der Waals surface area contributed by atoms with E-state index in [4.69, 9.17) is 16.3 Å². The molecule has 1 aromatic carbocycles. The first-order valence-electron chi connectivity index (χ1n) is 11.0. The average Bonchev–Trinajstić information content (AvgIpc) is 3.00. The van der Waals surface area contributed by atoms with Crippen molar-refractivity contribution in [1.82, 2.24) is 10.2 Å². The second-order valence-corrected chi connectivity index (χ2v) is 9.35. The van der Waals surface area contributed by atoms with Crippen molar-refractivity contribution in [3.05, 3.63) is 41.0 Å². The highest BCUT2D eigenvalue weighted by Crippen LogP contribution is 2.43. The fourth-order valence-electron chi connectivity index (χ4n) is 5.55. The molecule has 30 heavy (non-hydrogen) atoms. The zero-order chi connectivity index (χ0) is 21.4. The van der Waals surface area contributed by atoms with Crippen molar-refractivity contribution in [2.24, 2.45) is 4.99 Å². The summed E-state index contributed by atoms with van der Waals surface area (Å²) in [7, 11) is 1.73. The van der Waals surface area contributed by atoms with E-state index in [9.17, 15) is 4.79 Å². The molecule has 2 saturated heterocycles. The molecule has 4 rings (SSSR count). The van der Waals surface area contributed by atoms with Crippen LogP contribution in [0.5, 0.6) is 5.75 Å². The van der Waals surface area contributed by atoms with Gasteiger partial charge in [-0.25, -0.2) is 0 Å². The fourth-order valence-corrected chi connectivity index (χ4v) is 5.75. The Hall–Kier alpha value is -1.85. The monoisotopic (exact) mass is 429 g/mol. The molecule has 4 unspecified atom stereocenters. The molecule has 2 bridgehead atoms. The van der Waals surface area contributed by atoms with E-state index in [1.54, 1.807) is 13.2 Å². The van der Waals surface area contributed by atoms with E-state index in [0.29, 0.717) is 30.3 Å². The number of methoxy groups -OCH3 is 1. The third-order valence-corrected chi connectivity index (χ3v) is 7.42. The topological polar surface area (TPSA) is 53.9 Å². The number of dihydropyridines is 1. The van der Waals surface area contributed by atoms with E-state index in [1.165, 1.54) is 29.5 Å². The normalized spacial score (nSPS) is 29.4. The largest absolute Gasteiger partial charge is 0.496 e. The van der Waals surface area contributed by atoms with Gasteiger partial charge in [0.25, 0.3) is 5.91 Å². The van der Waals surface area contributed by atoms with Gasteiger partial charge in [-0.2, -0.15) is 0 Å². The molecule has 3 aliphatic heterocycles. The smallest absolute Gasteiger partial charge is 0.269 e. The van der Waals surface area contributed by atoms with Crippen LogP contribution in [0.25, 0.3) is 0 Å². The van der Waals surface area contributed by atoms with Crippen molar-refractivity contribution >= 4 is 23.2 Å². The van der Waals surface area contributed by atoms with Gasteiger partial charge < -0.3 is 10.1 Å². The number of carbonyl (C=O) groups excluding carboxylic acids is 1. The van der Waals surface area contributed by atoms with Crippen LogP contribution in [-0.4, -0.2) is 47.3 Å². The molecule has 0 saturated carbocycles. The van der Waals surface area contributed by atoms with Gasteiger partial charge in [0.15, 0.2) is 0 Å². The van der Waals surface area contributed by atoms with Crippen molar-refractivity contribution in [2.75, 3.05) is 7.11 Å². The number of benzene rings is 1. The summed E-state index contributed by atoms with van der Waals surface area (Å²) in [5.41, 5.74) is 4.03. The van der Waals surface area contributed by atoms with Crippen LogP contribution < -0.4 is 10.1 Å². The molecule has 0 spiro atoms. The summed E-state index contributed by atoms with van der Waals surface area (Å²) >= 11 is 6.08. The molecule has 5 nitrogen and oxygen atoms in total. The van der Waals surface area contributed by atoms with Crippen LogP contribution in [0.15, 0.2) is 29.3 Å². The molecule has 1 N–H and O–H groups in total. The summed E-state index contributed by atoms with van der Waals surface area (Å²) < 4.78 is 5.49. The summed E-state index contributed by atoms with van der Waals surface area (Å²) in [6.45, 7) is 6.65. The van der Waals surface area contributed by atoms with Crippen molar-refractivity contribution in [2.45, 2.75) is 82.5 Å². The minimum Gasteiger partial charge on any atom is -0.496 e. The number of piperidine rings is 1. The second kappa shape index (κ2) is 8.72. The van der Waals surface area contributed by atoms with Gasteiger partial charge in [-0.15, -0.1) is 0 Å². The predicted molar refractivity (Wildman–Crippen MR) is 122 cm³/mol. The number of hydrogen-bond donors (Lipinski definition) is 1. The third-order valence-electron chi connectivity index (χ3n) is 7.14. The van der Waals surface area contributed by atoms with E-state index in [2.05, 4.69) is 48.1 Å². The summed E-state index contributed by atoms with van der Waals surface area (Å²) in [6, 6.07) is 5.85. The summed E-state index contributed by atoms with van der Waals surface area (Å²) in [5, 5.41) is 3.22. The highest BCUT2D eigenvalue weighted by Gasteiger charge is 2.43. The third kappa shape index (κ3) is 4.02. The van der Waals surface area contributed by atoms with E-state index in [-0.39, 0.29) is 17.5 Å². The lowest BCUT2D eigenvalue weighted by Gasteiger charge is -2.43. The Labute approximate surface area is 184 Å². The minimum absolute atomic E-state index is 0.0934. The summed E-state index contributed by atoms with van der Waals surface area (Å²) in [6.07, 6.45) is 8.76. The predicted octanol–water partition coefficient (Wildman–Crippen LogP) is 4.45. The van der Waals surface area contributed by atoms with Gasteiger partial charge in [-0.1, -0.05) is 23.7 Å². The molecular weight excluding hydrogens is 398 g/mol. The molecule has 4 atom stereocenters. The molecule has 0 aliphatic carbocycles. The standard InChI is InChI=1S/C24H32ClN3O2/c1-14-15(2)22(30-4)11-10-20(14)16(3)28-18-8-9-19(28)13-17(12-18)26-24(29)21-6-5-7-23(25)27-21/h5-6,10-11,16-19,23H,7-9,12-13H2,1-4H3,(H,26,29). The van der Waals surface area contributed by atoms with Crippen LogP contribution in [0.2, 0.25) is 0 Å². The van der Waals surface area contributed by atoms with Crippen LogP contribution in [0.4, 0.5) is 0 Å². The van der Waals surface area contributed by atoms with Crippen molar-refractivity contribution in [3.8, 4) is 5.75 Å². The van der Waals surface area contributed by atoms with Gasteiger partial charge in [0.2, 0.25) is 0 Å². The number of alkyl halides is 1. The number of nitrogens with one attached hydrogen (secondary N) is 1. The van der Waals surface area contributed by atoms with Crippen molar-refractivity contribution in [1.29, 1.82) is 0 Å². The molecule has 3 heterocycles. The summed E-state index contributed by atoms with van der Waals surface area (Å²) in [4.78, 5) is 19.6. The van der Waals surface area contributed by atoms with Crippen LogP contribution in [0.3, 0.4) is 0 Å². The Kier molecular flexibility index (Phi) is 6.21. The zero-order valence-electron chi connectivity index (χ0n) is 18.3. The quantitative estimate of drug-likeness (QED) is 0.555. The maximum atomic E-state index is 12.6. The number of ether oxygens (including phenoxy) is 1. The van der Waals surface area contributed by atoms with Crippen molar-refractivity contribution < 1.29 is 9.53 Å². The fraction of sp³-hybridized carbons (Fsp3) is 0.583. The highest BCUT2D eigenvalue weighted by molar-refractivity contribution is 6.44. The summed E-state index contributed by atoms with van der Waals surface area (Å²) in [5.74, 6) is 0.857. The van der Waals surface area contributed by atoms with Crippen LogP contribution in [0.1, 0.15) is 61.8 Å². The number of hydrogen-bond acceptors (Lipinski definition) is 4. The van der Waals surface area contributed by atoms with Crippen LogP contribution in [-0.2, 0) is 4.79 Å². The van der Waals surface area contributed by atoms with E-state index >= 15 is 0 Å². The van der Waals surface area contributed by atoms with Gasteiger partial charge in [-0.3, -0.25) is 14.7 Å². The van der Waals surface area contributed by atoms with Gasteiger partial charge in [-0.05, 0) is 75.3 Å². The lowest BCUT2D eigenvalue weighted by molar-refractivity contribution is -0.116. The average molecular weight is 430 g/mol. The number of aliphatic imine (C=N–C) groups is 1. The second-order valence-electron chi connectivity index (χ2n) is 8.84. The zero-order valence-corrected chi connectivity index (χ0v) is 19.1. The Morgan fingerprint density at radius 2 is 1.93 bits per heavy atom. The molecule has 162 valence electrons. The van der Waals surface area contributed by atoms with E-state index in [0.717, 1.165) is 18.6 Å². The maximum Gasteiger partial charge on any atom is 0.269 e. The van der Waals surface area contributed by atoms with Gasteiger partial charge >= 0.3 is 0 Å². The number of halogens is 1. The van der Waals surface area contributed by atoms with Gasteiger partial charge in [0.05, 0.1) is 7.11 Å². The first kappa shape index (κ1) is 21.4. The Balaban J connectivity index is 1.45.